The van der Waals surface area contributed by atoms with Crippen LogP contribution in [-0.4, -0.2) is 30.3 Å². The number of fused-ring (bicyclic) bond motifs is 6. The zero-order valence-electron chi connectivity index (χ0n) is 43.2. The molecule has 0 saturated carbocycles. The predicted molar refractivity (Wildman–Crippen MR) is 328 cm³/mol. The Kier molecular flexibility index (Phi) is 11.9. The van der Waals surface area contributed by atoms with Crippen molar-refractivity contribution < 1.29 is 0 Å². The Balaban J connectivity index is 1.02. The van der Waals surface area contributed by atoms with Crippen molar-refractivity contribution in [3.8, 4) is 90.0 Å². The molecule has 0 aliphatic heterocycles. The third-order valence-electron chi connectivity index (χ3n) is 15.3. The van der Waals surface area contributed by atoms with Gasteiger partial charge in [-0.1, -0.05) is 207 Å². The molecule has 11 aromatic carbocycles. The van der Waals surface area contributed by atoms with E-state index in [4.69, 9.17) is 15.0 Å². The lowest BCUT2D eigenvalue weighted by atomic mass is 9.95. The molecule has 0 N–H and O–H groups in total. The predicted octanol–water partition coefficient (Wildman–Crippen LogP) is 19.0. The average Bonchev–Trinajstić information content (AvgIpc) is 4.28. The summed E-state index contributed by atoms with van der Waals surface area (Å²) in [5.41, 5.74) is 19.9. The van der Waals surface area contributed by atoms with Crippen LogP contribution in [0.5, 0.6) is 0 Å². The van der Waals surface area contributed by atoms with E-state index in [1.165, 1.54) is 59.9 Å². The monoisotopic (exact) mass is 1020 g/mol. The van der Waals surface area contributed by atoms with Crippen molar-refractivity contribution in [1.29, 1.82) is 0 Å². The highest BCUT2D eigenvalue weighted by Gasteiger charge is 2.24. The van der Waals surface area contributed by atoms with Crippen LogP contribution in [0.1, 0.15) is 12.5 Å². The highest BCUT2D eigenvalue weighted by Crippen LogP contribution is 2.46. The number of hydrogen-bond donors (Lipinski definition) is 0. The van der Waals surface area contributed by atoms with Crippen LogP contribution < -0.4 is 0 Å². The molecule has 0 aliphatic carbocycles. The van der Waals surface area contributed by atoms with E-state index < -0.39 is 0 Å². The van der Waals surface area contributed by atoms with E-state index in [9.17, 15) is 0 Å². The molecule has 14 rings (SSSR count). The summed E-state index contributed by atoms with van der Waals surface area (Å²) in [6.45, 7) is 2.22. The van der Waals surface area contributed by atoms with E-state index in [0.717, 1.165) is 73.2 Å². The summed E-state index contributed by atoms with van der Waals surface area (Å²) in [7, 11) is 0. The summed E-state index contributed by atoms with van der Waals surface area (Å²) in [4.78, 5) is 17.6. The van der Waals surface area contributed by atoms with Gasteiger partial charge < -0.3 is 9.13 Å². The van der Waals surface area contributed by atoms with Gasteiger partial charge >= 0.3 is 0 Å². The molecule has 6 heteroatoms. The maximum Gasteiger partial charge on any atom is 0.166 e. The van der Waals surface area contributed by atoms with Gasteiger partial charge in [0.25, 0.3) is 0 Å². The summed E-state index contributed by atoms with van der Waals surface area (Å²) in [6.07, 6.45) is 3.07. The van der Waals surface area contributed by atoms with Crippen molar-refractivity contribution in [3.63, 3.8) is 0 Å². The van der Waals surface area contributed by atoms with Gasteiger partial charge in [-0.05, 0) is 123 Å². The Morgan fingerprint density at radius 3 is 1.46 bits per heavy atom. The molecule has 0 fully saturated rings. The fraction of sp³-hybridized carbons (Fsp3) is 0.0417. The lowest BCUT2D eigenvalue weighted by Gasteiger charge is -2.17. The highest BCUT2D eigenvalue weighted by atomic mass is 32.2. The SMILES string of the molecule is CCc1ccccc1-c1cc(-c2nc(-c3ccc(-c4ccccc4)cc3)nc(-c3ccc(-c4ccccc4)cc3-n3c4ccccc4c4c(-c5cccc6c5c5ccccc5n6-c5ccccc5)cccc43)n2)ccc1SC. The number of thioether (sulfide) groups is 1. The Bertz CT molecular complexity index is 4560. The standard InChI is InChI=1S/C72H51N5S/c1-3-47-21-13-14-28-55(47)61-45-53(42-44-67(61)78-2)71-73-70(51-39-37-50(38-40-51)48-22-7-4-8-23-48)74-72(75-71)60-43-41-52(49-24-9-5-10-25-49)46-66(60)77-63-34-18-16-30-59(63)69-57(32-20-36-65(69)77)56-31-19-35-64-68(56)58-29-15-17-33-62(58)76(64)54-26-11-6-12-27-54/h4-46H,3H2,1-2H3. The van der Waals surface area contributed by atoms with Crippen molar-refractivity contribution in [3.05, 3.63) is 266 Å². The number of nitrogens with zero attached hydrogens (tertiary/aromatic N) is 5. The Hall–Kier alpha value is -9.62. The van der Waals surface area contributed by atoms with Gasteiger partial charge in [-0.25, -0.2) is 15.0 Å². The summed E-state index contributed by atoms with van der Waals surface area (Å²) < 4.78 is 4.84. The minimum absolute atomic E-state index is 0.585. The summed E-state index contributed by atoms with van der Waals surface area (Å²) in [5, 5.41) is 4.78. The lowest BCUT2D eigenvalue weighted by Crippen LogP contribution is -2.04. The van der Waals surface area contributed by atoms with Crippen molar-refractivity contribution in [2.45, 2.75) is 18.2 Å². The van der Waals surface area contributed by atoms with Crippen LogP contribution in [-0.2, 0) is 6.42 Å². The van der Waals surface area contributed by atoms with Gasteiger partial charge in [0.05, 0.1) is 27.8 Å². The van der Waals surface area contributed by atoms with Gasteiger partial charge in [-0.3, -0.25) is 0 Å². The first-order valence-corrected chi connectivity index (χ1v) is 27.8. The minimum Gasteiger partial charge on any atom is -0.309 e. The molecule has 5 nitrogen and oxygen atoms in total. The quantitative estimate of drug-likeness (QED) is 0.121. The van der Waals surface area contributed by atoms with Crippen LogP contribution in [0.2, 0.25) is 0 Å². The van der Waals surface area contributed by atoms with Gasteiger partial charge in [0.15, 0.2) is 17.5 Å². The van der Waals surface area contributed by atoms with Gasteiger partial charge in [-0.15, -0.1) is 11.8 Å². The molecular weight excluding hydrogens is 967 g/mol. The molecule has 370 valence electrons. The zero-order valence-corrected chi connectivity index (χ0v) is 44.0. The van der Waals surface area contributed by atoms with Gasteiger partial charge in [0, 0.05) is 48.8 Å². The van der Waals surface area contributed by atoms with E-state index in [1.54, 1.807) is 11.8 Å². The first-order chi connectivity index (χ1) is 38.6. The molecule has 3 heterocycles. The fourth-order valence-electron chi connectivity index (χ4n) is 11.7. The minimum atomic E-state index is 0.585. The second-order valence-electron chi connectivity index (χ2n) is 19.7. The number of para-hydroxylation sites is 3. The fourth-order valence-corrected chi connectivity index (χ4v) is 12.3. The smallest absolute Gasteiger partial charge is 0.166 e. The molecule has 0 saturated heterocycles. The first-order valence-electron chi connectivity index (χ1n) is 26.6. The molecule has 0 unspecified atom stereocenters. The largest absolute Gasteiger partial charge is 0.309 e. The molecule has 0 amide bonds. The van der Waals surface area contributed by atoms with Crippen LogP contribution in [0, 0.1) is 0 Å². The first kappa shape index (κ1) is 46.9. The highest BCUT2D eigenvalue weighted by molar-refractivity contribution is 7.98. The number of hydrogen-bond acceptors (Lipinski definition) is 4. The van der Waals surface area contributed by atoms with E-state index in [2.05, 4.69) is 283 Å². The molecular formula is C72H51N5S. The van der Waals surface area contributed by atoms with E-state index >= 15 is 0 Å². The maximum absolute atomic E-state index is 5.54. The molecule has 0 aliphatic rings. The average molecular weight is 1020 g/mol. The summed E-state index contributed by atoms with van der Waals surface area (Å²) in [5.74, 6) is 1.79. The number of rotatable bonds is 11. The zero-order chi connectivity index (χ0) is 52.1. The van der Waals surface area contributed by atoms with Crippen LogP contribution in [0.3, 0.4) is 0 Å². The van der Waals surface area contributed by atoms with Crippen LogP contribution in [0.15, 0.2) is 266 Å². The van der Waals surface area contributed by atoms with E-state index in [0.29, 0.717) is 17.5 Å². The molecule has 0 radical (unpaired) electrons. The second kappa shape index (κ2) is 19.8. The summed E-state index contributed by atoms with van der Waals surface area (Å²) >= 11 is 1.76. The number of benzene rings is 11. The molecule has 0 bridgehead atoms. The van der Waals surface area contributed by atoms with Gasteiger partial charge in [-0.2, -0.15) is 0 Å². The Morgan fingerprint density at radius 2 is 0.808 bits per heavy atom. The summed E-state index contributed by atoms with van der Waals surface area (Å²) in [6, 6.07) is 93.7. The third-order valence-corrected chi connectivity index (χ3v) is 16.1. The Labute approximate surface area is 457 Å². The van der Waals surface area contributed by atoms with Crippen molar-refractivity contribution in [2.75, 3.05) is 6.26 Å². The maximum atomic E-state index is 5.54. The molecule has 78 heavy (non-hydrogen) atoms. The van der Waals surface area contributed by atoms with Crippen molar-refractivity contribution in [1.82, 2.24) is 24.1 Å². The molecule has 3 aromatic heterocycles. The molecule has 0 atom stereocenters. The topological polar surface area (TPSA) is 48.5 Å². The van der Waals surface area contributed by atoms with Crippen molar-refractivity contribution in [2.24, 2.45) is 0 Å². The third kappa shape index (κ3) is 8.08. The van der Waals surface area contributed by atoms with E-state index in [-0.39, 0.29) is 0 Å². The van der Waals surface area contributed by atoms with Crippen molar-refractivity contribution >= 4 is 55.4 Å². The molecule has 0 spiro atoms. The van der Waals surface area contributed by atoms with E-state index in [1.807, 2.05) is 0 Å². The lowest BCUT2D eigenvalue weighted by molar-refractivity contribution is 1.06. The number of aryl methyl sites for hydroxylation is 1. The van der Waals surface area contributed by atoms with Crippen LogP contribution >= 0.6 is 11.8 Å². The molecule has 14 aromatic rings. The van der Waals surface area contributed by atoms with Crippen LogP contribution in [0.25, 0.3) is 134 Å². The van der Waals surface area contributed by atoms with Crippen LogP contribution in [0.4, 0.5) is 0 Å². The number of aromatic nitrogens is 5. The normalized spacial score (nSPS) is 11.6. The second-order valence-corrected chi connectivity index (χ2v) is 20.6. The Morgan fingerprint density at radius 1 is 0.333 bits per heavy atom. The van der Waals surface area contributed by atoms with Gasteiger partial charge in [0.2, 0.25) is 0 Å². The van der Waals surface area contributed by atoms with Gasteiger partial charge in [0.1, 0.15) is 0 Å².